The summed E-state index contributed by atoms with van der Waals surface area (Å²) in [5.41, 5.74) is 0.927. The van der Waals surface area contributed by atoms with Crippen LogP contribution in [0.3, 0.4) is 0 Å². The van der Waals surface area contributed by atoms with Crippen LogP contribution < -0.4 is 14.8 Å². The Morgan fingerprint density at radius 2 is 2.10 bits per heavy atom. The van der Waals surface area contributed by atoms with Crippen LogP contribution in [0.5, 0.6) is 11.5 Å². The molecule has 1 saturated heterocycles. The van der Waals surface area contributed by atoms with Gasteiger partial charge in [0.25, 0.3) is 0 Å². The van der Waals surface area contributed by atoms with Crippen LogP contribution in [0.2, 0.25) is 0 Å². The third-order valence-electron chi connectivity index (χ3n) is 3.59. The molecule has 6 nitrogen and oxygen atoms in total. The van der Waals surface area contributed by atoms with E-state index in [0.29, 0.717) is 24.5 Å². The molecule has 1 N–H and O–H groups in total. The molecule has 3 rings (SSSR count). The lowest BCUT2D eigenvalue weighted by Gasteiger charge is -2.34. The van der Waals surface area contributed by atoms with Gasteiger partial charge in [0, 0.05) is 6.54 Å². The molecular formula is C14H16N2O4. The lowest BCUT2D eigenvalue weighted by Crippen LogP contribution is -2.57. The minimum absolute atomic E-state index is 0.0610. The quantitative estimate of drug-likeness (QED) is 0.880. The van der Waals surface area contributed by atoms with E-state index in [0.717, 1.165) is 5.56 Å². The first-order valence-electron chi connectivity index (χ1n) is 6.64. The van der Waals surface area contributed by atoms with Gasteiger partial charge in [0.2, 0.25) is 18.6 Å². The molecule has 6 heteroatoms. The lowest BCUT2D eigenvalue weighted by molar-refractivity contribution is -0.146. The molecule has 2 heterocycles. The predicted molar refractivity (Wildman–Crippen MR) is 70.2 cm³/mol. The molecule has 2 aliphatic rings. The Hall–Kier alpha value is -2.24. The van der Waals surface area contributed by atoms with E-state index >= 15 is 0 Å². The summed E-state index contributed by atoms with van der Waals surface area (Å²) in [5, 5.41) is 2.62. The molecule has 0 radical (unpaired) electrons. The number of hydrogen-bond acceptors (Lipinski definition) is 4. The van der Waals surface area contributed by atoms with Crippen LogP contribution in [0.15, 0.2) is 18.2 Å². The third-order valence-corrected chi connectivity index (χ3v) is 3.59. The molecule has 106 valence electrons. The topological polar surface area (TPSA) is 67.9 Å². The molecule has 1 unspecified atom stereocenters. The fraction of sp³-hybridized carbons (Fsp3) is 0.429. The molecule has 0 aromatic heterocycles. The monoisotopic (exact) mass is 276 g/mol. The first-order valence-corrected chi connectivity index (χ1v) is 6.64. The van der Waals surface area contributed by atoms with Crippen LogP contribution in [-0.4, -0.2) is 36.1 Å². The van der Waals surface area contributed by atoms with Gasteiger partial charge in [-0.1, -0.05) is 13.0 Å². The SMILES string of the molecule is CCC1C(=O)NCC(=O)N1Cc1ccc2c(c1)OCO2. The van der Waals surface area contributed by atoms with E-state index in [1.54, 1.807) is 4.90 Å². The van der Waals surface area contributed by atoms with Crippen molar-refractivity contribution in [2.75, 3.05) is 13.3 Å². The van der Waals surface area contributed by atoms with Gasteiger partial charge in [-0.2, -0.15) is 0 Å². The van der Waals surface area contributed by atoms with E-state index in [4.69, 9.17) is 9.47 Å². The van der Waals surface area contributed by atoms with Gasteiger partial charge < -0.3 is 19.7 Å². The summed E-state index contributed by atoms with van der Waals surface area (Å²) < 4.78 is 10.6. The van der Waals surface area contributed by atoms with E-state index in [1.807, 2.05) is 25.1 Å². The summed E-state index contributed by atoms with van der Waals surface area (Å²) in [7, 11) is 0. The molecule has 20 heavy (non-hydrogen) atoms. The van der Waals surface area contributed by atoms with Crippen molar-refractivity contribution in [2.24, 2.45) is 0 Å². The van der Waals surface area contributed by atoms with Gasteiger partial charge in [-0.25, -0.2) is 0 Å². The number of nitrogens with one attached hydrogen (secondary N) is 1. The molecular weight excluding hydrogens is 260 g/mol. The van der Waals surface area contributed by atoms with Crippen molar-refractivity contribution in [1.82, 2.24) is 10.2 Å². The smallest absolute Gasteiger partial charge is 0.243 e. The fourth-order valence-corrected chi connectivity index (χ4v) is 2.54. The highest BCUT2D eigenvalue weighted by Gasteiger charge is 2.33. The van der Waals surface area contributed by atoms with Gasteiger partial charge in [0.1, 0.15) is 6.04 Å². The maximum atomic E-state index is 12.0. The zero-order chi connectivity index (χ0) is 14.1. The van der Waals surface area contributed by atoms with Crippen molar-refractivity contribution in [3.8, 4) is 11.5 Å². The Balaban J connectivity index is 1.81. The Morgan fingerprint density at radius 3 is 2.90 bits per heavy atom. The summed E-state index contributed by atoms with van der Waals surface area (Å²) in [6.07, 6.45) is 0.599. The molecule has 0 bridgehead atoms. The van der Waals surface area contributed by atoms with Crippen molar-refractivity contribution in [1.29, 1.82) is 0 Å². The maximum absolute atomic E-state index is 12.0. The molecule has 0 aliphatic carbocycles. The number of piperazine rings is 1. The number of hydrogen-bond donors (Lipinski definition) is 1. The maximum Gasteiger partial charge on any atom is 0.243 e. The Kier molecular flexibility index (Phi) is 3.22. The number of rotatable bonds is 3. The Morgan fingerprint density at radius 1 is 1.30 bits per heavy atom. The highest BCUT2D eigenvalue weighted by atomic mass is 16.7. The van der Waals surface area contributed by atoms with Crippen LogP contribution >= 0.6 is 0 Å². The lowest BCUT2D eigenvalue weighted by atomic mass is 10.1. The van der Waals surface area contributed by atoms with Crippen molar-refractivity contribution >= 4 is 11.8 Å². The zero-order valence-corrected chi connectivity index (χ0v) is 11.2. The Bertz CT molecular complexity index is 558. The van der Waals surface area contributed by atoms with Gasteiger partial charge in [0.05, 0.1) is 6.54 Å². The van der Waals surface area contributed by atoms with Crippen LogP contribution in [0.25, 0.3) is 0 Å². The zero-order valence-electron chi connectivity index (χ0n) is 11.2. The second-order valence-electron chi connectivity index (χ2n) is 4.85. The molecule has 2 aliphatic heterocycles. The van der Waals surface area contributed by atoms with Gasteiger partial charge in [0.15, 0.2) is 11.5 Å². The minimum atomic E-state index is -0.401. The molecule has 1 aromatic carbocycles. The highest BCUT2D eigenvalue weighted by molar-refractivity contribution is 5.94. The van der Waals surface area contributed by atoms with Crippen LogP contribution in [0, 0.1) is 0 Å². The Labute approximate surface area is 116 Å². The number of carbonyl (C=O) groups is 2. The molecule has 1 atom stereocenters. The van der Waals surface area contributed by atoms with Crippen LogP contribution in [0.4, 0.5) is 0 Å². The van der Waals surface area contributed by atoms with Crippen molar-refractivity contribution in [3.05, 3.63) is 23.8 Å². The number of benzene rings is 1. The predicted octanol–water partition coefficient (Wildman–Crippen LogP) is 0.652. The summed E-state index contributed by atoms with van der Waals surface area (Å²) in [4.78, 5) is 25.4. The second-order valence-corrected chi connectivity index (χ2v) is 4.85. The molecule has 2 amide bonds. The number of amides is 2. The molecule has 1 fully saturated rings. The summed E-state index contributed by atoms with van der Waals surface area (Å²) in [6.45, 7) is 2.60. The average molecular weight is 276 g/mol. The van der Waals surface area contributed by atoms with E-state index in [2.05, 4.69) is 5.32 Å². The van der Waals surface area contributed by atoms with Crippen molar-refractivity contribution in [3.63, 3.8) is 0 Å². The number of carbonyl (C=O) groups excluding carboxylic acids is 2. The first-order chi connectivity index (χ1) is 9.69. The van der Waals surface area contributed by atoms with Gasteiger partial charge >= 0.3 is 0 Å². The van der Waals surface area contributed by atoms with Crippen molar-refractivity contribution < 1.29 is 19.1 Å². The van der Waals surface area contributed by atoms with Gasteiger partial charge in [-0.3, -0.25) is 9.59 Å². The molecule has 0 spiro atoms. The van der Waals surface area contributed by atoms with E-state index in [9.17, 15) is 9.59 Å². The number of ether oxygens (including phenoxy) is 2. The second kappa shape index (κ2) is 5.03. The first kappa shape index (κ1) is 12.8. The summed E-state index contributed by atoms with van der Waals surface area (Å²) in [5.74, 6) is 1.25. The molecule has 0 saturated carbocycles. The normalized spacial score (nSPS) is 21.1. The van der Waals surface area contributed by atoms with Gasteiger partial charge in [-0.05, 0) is 24.1 Å². The van der Waals surface area contributed by atoms with Crippen LogP contribution in [-0.2, 0) is 16.1 Å². The molecule has 1 aromatic rings. The summed E-state index contributed by atoms with van der Waals surface area (Å²) in [6, 6.07) is 5.17. The highest BCUT2D eigenvalue weighted by Crippen LogP contribution is 2.33. The average Bonchev–Trinajstić information content (AvgIpc) is 2.91. The van der Waals surface area contributed by atoms with E-state index in [-0.39, 0.29) is 25.2 Å². The third kappa shape index (κ3) is 2.17. The van der Waals surface area contributed by atoms with Crippen LogP contribution in [0.1, 0.15) is 18.9 Å². The fourth-order valence-electron chi connectivity index (χ4n) is 2.54. The van der Waals surface area contributed by atoms with Crippen molar-refractivity contribution in [2.45, 2.75) is 25.9 Å². The van der Waals surface area contributed by atoms with E-state index < -0.39 is 6.04 Å². The minimum Gasteiger partial charge on any atom is -0.454 e. The standard InChI is InChI=1S/C14H16N2O4/c1-2-10-14(18)15-6-13(17)16(10)7-9-3-4-11-12(5-9)20-8-19-11/h3-5,10H,2,6-8H2,1H3,(H,15,18). The van der Waals surface area contributed by atoms with Gasteiger partial charge in [-0.15, -0.1) is 0 Å². The number of fused-ring (bicyclic) bond motifs is 1. The van der Waals surface area contributed by atoms with E-state index in [1.165, 1.54) is 0 Å². The number of nitrogens with zero attached hydrogens (tertiary/aromatic N) is 1. The summed E-state index contributed by atoms with van der Waals surface area (Å²) >= 11 is 0. The largest absolute Gasteiger partial charge is 0.454 e.